The first-order valence-corrected chi connectivity index (χ1v) is 5.04. The maximum Gasteiger partial charge on any atom is 0.320 e. The van der Waals surface area contributed by atoms with Crippen LogP contribution < -0.4 is 0 Å². The van der Waals surface area contributed by atoms with Gasteiger partial charge in [0.05, 0.1) is 6.61 Å². The van der Waals surface area contributed by atoms with E-state index in [0.717, 1.165) is 19.3 Å². The van der Waals surface area contributed by atoms with E-state index in [1.807, 2.05) is 0 Å². The molecule has 1 atom stereocenters. The molecule has 0 radical (unpaired) electrons. The summed E-state index contributed by atoms with van der Waals surface area (Å²) in [6, 6.07) is 0. The van der Waals surface area contributed by atoms with E-state index in [2.05, 4.69) is 0 Å². The van der Waals surface area contributed by atoms with Crippen molar-refractivity contribution in [3.63, 3.8) is 0 Å². The number of carbonyl (C=O) groups excluding carboxylic acids is 1. The lowest BCUT2D eigenvalue weighted by atomic mass is 9.79. The summed E-state index contributed by atoms with van der Waals surface area (Å²) >= 11 is 0. The summed E-state index contributed by atoms with van der Waals surface area (Å²) in [6.45, 7) is 1.92. The average Bonchev–Trinajstić information content (AvgIpc) is 2.01. The first-order chi connectivity index (χ1) is 6.65. The van der Waals surface area contributed by atoms with Crippen LogP contribution in [0.25, 0.3) is 0 Å². The number of esters is 1. The lowest BCUT2D eigenvalue weighted by Crippen LogP contribution is -2.30. The highest BCUT2D eigenvalue weighted by Gasteiger charge is 2.32. The Morgan fingerprint density at radius 2 is 2.14 bits per heavy atom. The lowest BCUT2D eigenvalue weighted by Gasteiger charge is -2.27. The highest BCUT2D eigenvalue weighted by atomic mass is 16.5. The van der Waals surface area contributed by atoms with E-state index >= 15 is 0 Å². The highest BCUT2D eigenvalue weighted by molar-refractivity contribution is 5.93. The van der Waals surface area contributed by atoms with Gasteiger partial charge in [0.2, 0.25) is 0 Å². The van der Waals surface area contributed by atoms with Crippen molar-refractivity contribution in [3.05, 3.63) is 0 Å². The van der Waals surface area contributed by atoms with Gasteiger partial charge in [0, 0.05) is 0 Å². The first kappa shape index (κ1) is 11.0. The molecular formula is C10H16O4. The Balaban J connectivity index is 2.44. The van der Waals surface area contributed by atoms with Crippen LogP contribution in [0.1, 0.15) is 32.6 Å². The number of carboxylic acid groups (broad SMARTS) is 1. The van der Waals surface area contributed by atoms with Gasteiger partial charge >= 0.3 is 11.9 Å². The van der Waals surface area contributed by atoms with Crippen LogP contribution in [0, 0.1) is 11.8 Å². The minimum Gasteiger partial charge on any atom is -0.481 e. The molecule has 1 rings (SSSR count). The van der Waals surface area contributed by atoms with Gasteiger partial charge in [-0.3, -0.25) is 9.59 Å². The predicted molar refractivity (Wildman–Crippen MR) is 49.7 cm³/mol. The van der Waals surface area contributed by atoms with Gasteiger partial charge in [0.15, 0.2) is 5.92 Å². The molecule has 1 aliphatic rings. The Morgan fingerprint density at radius 3 is 2.50 bits per heavy atom. The van der Waals surface area contributed by atoms with E-state index in [1.165, 1.54) is 0 Å². The lowest BCUT2D eigenvalue weighted by molar-refractivity contribution is -0.159. The summed E-state index contributed by atoms with van der Waals surface area (Å²) in [7, 11) is 0. The normalized spacial score (nSPS) is 18.4. The van der Waals surface area contributed by atoms with Crippen LogP contribution in [0.5, 0.6) is 0 Å². The number of carbonyl (C=O) groups is 2. The number of rotatable bonds is 5. The van der Waals surface area contributed by atoms with Gasteiger partial charge in [0.25, 0.3) is 0 Å². The van der Waals surface area contributed by atoms with Crippen LogP contribution in [0.3, 0.4) is 0 Å². The molecule has 0 amide bonds. The molecule has 1 unspecified atom stereocenters. The van der Waals surface area contributed by atoms with Crippen LogP contribution in [0.15, 0.2) is 0 Å². The molecule has 0 saturated heterocycles. The summed E-state index contributed by atoms with van der Waals surface area (Å²) in [6.07, 6.45) is 3.68. The fourth-order valence-corrected chi connectivity index (χ4v) is 1.60. The molecule has 1 aliphatic carbocycles. The van der Waals surface area contributed by atoms with Crippen molar-refractivity contribution in [2.75, 3.05) is 6.61 Å². The smallest absolute Gasteiger partial charge is 0.320 e. The van der Waals surface area contributed by atoms with E-state index in [0.29, 0.717) is 12.3 Å². The molecular weight excluding hydrogens is 184 g/mol. The van der Waals surface area contributed by atoms with Crippen LogP contribution >= 0.6 is 0 Å². The largest absolute Gasteiger partial charge is 0.481 e. The van der Waals surface area contributed by atoms with E-state index in [1.54, 1.807) is 6.92 Å². The fraction of sp³-hybridized carbons (Fsp3) is 0.800. The molecule has 0 aromatic carbocycles. The second-order valence-corrected chi connectivity index (χ2v) is 3.68. The molecule has 0 bridgehead atoms. The Labute approximate surface area is 83.2 Å². The van der Waals surface area contributed by atoms with Crippen molar-refractivity contribution >= 4 is 11.9 Å². The predicted octanol–water partition coefficient (Wildman–Crippen LogP) is 1.44. The van der Waals surface area contributed by atoms with Crippen molar-refractivity contribution in [2.24, 2.45) is 11.8 Å². The summed E-state index contributed by atoms with van der Waals surface area (Å²) in [4.78, 5) is 22.0. The summed E-state index contributed by atoms with van der Waals surface area (Å²) in [5, 5.41) is 8.84. The number of ether oxygens (including phenoxy) is 1. The van der Waals surface area contributed by atoms with Crippen molar-refractivity contribution in [3.8, 4) is 0 Å². The standard InChI is InChI=1S/C10H16O4/c1-2-14-10(13)8(9(11)12)6-7-4-3-5-7/h7-8H,2-6H2,1H3,(H,11,12). The second kappa shape index (κ2) is 4.98. The molecule has 0 aromatic heterocycles. The Hall–Kier alpha value is -1.06. The molecule has 0 spiro atoms. The maximum absolute atomic E-state index is 11.3. The van der Waals surface area contributed by atoms with Gasteiger partial charge in [-0.2, -0.15) is 0 Å². The molecule has 0 aliphatic heterocycles. The monoisotopic (exact) mass is 200 g/mol. The zero-order chi connectivity index (χ0) is 10.6. The fourth-order valence-electron chi connectivity index (χ4n) is 1.60. The van der Waals surface area contributed by atoms with E-state index in [9.17, 15) is 9.59 Å². The highest BCUT2D eigenvalue weighted by Crippen LogP contribution is 2.32. The molecule has 1 fully saturated rings. The van der Waals surface area contributed by atoms with Crippen molar-refractivity contribution in [1.29, 1.82) is 0 Å². The van der Waals surface area contributed by atoms with E-state index in [-0.39, 0.29) is 6.61 Å². The SMILES string of the molecule is CCOC(=O)C(CC1CCC1)C(=O)O. The number of aliphatic carboxylic acids is 1. The maximum atomic E-state index is 11.3. The van der Waals surface area contributed by atoms with Gasteiger partial charge in [-0.05, 0) is 19.3 Å². The molecule has 4 heteroatoms. The summed E-state index contributed by atoms with van der Waals surface area (Å²) in [5.41, 5.74) is 0. The number of carboxylic acids is 1. The Morgan fingerprint density at radius 1 is 1.50 bits per heavy atom. The Bertz CT molecular complexity index is 220. The minimum atomic E-state index is -1.06. The molecule has 1 N–H and O–H groups in total. The molecule has 0 aromatic rings. The van der Waals surface area contributed by atoms with Crippen LogP contribution in [-0.4, -0.2) is 23.7 Å². The van der Waals surface area contributed by atoms with Gasteiger partial charge < -0.3 is 9.84 Å². The number of hydrogen-bond acceptors (Lipinski definition) is 3. The quantitative estimate of drug-likeness (QED) is 0.538. The molecule has 14 heavy (non-hydrogen) atoms. The van der Waals surface area contributed by atoms with Gasteiger partial charge in [-0.1, -0.05) is 19.3 Å². The van der Waals surface area contributed by atoms with E-state index in [4.69, 9.17) is 9.84 Å². The number of hydrogen-bond donors (Lipinski definition) is 1. The molecule has 4 nitrogen and oxygen atoms in total. The topological polar surface area (TPSA) is 63.6 Å². The van der Waals surface area contributed by atoms with Crippen molar-refractivity contribution < 1.29 is 19.4 Å². The van der Waals surface area contributed by atoms with Crippen molar-refractivity contribution in [2.45, 2.75) is 32.6 Å². The van der Waals surface area contributed by atoms with Crippen LogP contribution in [-0.2, 0) is 14.3 Å². The third-order valence-corrected chi connectivity index (χ3v) is 2.66. The molecule has 80 valence electrons. The summed E-state index contributed by atoms with van der Waals surface area (Å²) < 4.78 is 4.72. The minimum absolute atomic E-state index is 0.243. The van der Waals surface area contributed by atoms with Gasteiger partial charge in [-0.15, -0.1) is 0 Å². The third-order valence-electron chi connectivity index (χ3n) is 2.66. The van der Waals surface area contributed by atoms with Crippen LogP contribution in [0.4, 0.5) is 0 Å². The van der Waals surface area contributed by atoms with Crippen LogP contribution in [0.2, 0.25) is 0 Å². The first-order valence-electron chi connectivity index (χ1n) is 5.04. The summed E-state index contributed by atoms with van der Waals surface area (Å²) in [5.74, 6) is -2.21. The zero-order valence-corrected chi connectivity index (χ0v) is 8.36. The second-order valence-electron chi connectivity index (χ2n) is 3.68. The molecule has 1 saturated carbocycles. The third kappa shape index (κ3) is 2.72. The average molecular weight is 200 g/mol. The van der Waals surface area contributed by atoms with Gasteiger partial charge in [0.1, 0.15) is 0 Å². The van der Waals surface area contributed by atoms with Gasteiger partial charge in [-0.25, -0.2) is 0 Å². The van der Waals surface area contributed by atoms with Crippen molar-refractivity contribution in [1.82, 2.24) is 0 Å². The zero-order valence-electron chi connectivity index (χ0n) is 8.36. The Kier molecular flexibility index (Phi) is 3.92. The van der Waals surface area contributed by atoms with E-state index < -0.39 is 17.9 Å². The molecule has 0 heterocycles.